The van der Waals surface area contributed by atoms with Crippen molar-refractivity contribution >= 4 is 17.9 Å². The Bertz CT molecular complexity index is 854. The largest absolute Gasteiger partial charge is 0.444 e. The van der Waals surface area contributed by atoms with Gasteiger partial charge in [-0.1, -0.05) is 43.5 Å². The molecule has 0 heterocycles. The maximum absolute atomic E-state index is 13.6. The molecule has 1 unspecified atom stereocenters. The number of aryl methyl sites for hydroxylation is 1. The molecule has 1 atom stereocenters. The van der Waals surface area contributed by atoms with Gasteiger partial charge in [0.25, 0.3) is 0 Å². The fourth-order valence-electron chi connectivity index (χ4n) is 4.10. The molecule has 3 amide bonds. The summed E-state index contributed by atoms with van der Waals surface area (Å²) in [5, 5.41) is 5.69. The van der Waals surface area contributed by atoms with Gasteiger partial charge in [0.15, 0.2) is 0 Å². The third-order valence-corrected chi connectivity index (χ3v) is 5.88. The van der Waals surface area contributed by atoms with Crippen LogP contribution in [0.2, 0.25) is 0 Å². The van der Waals surface area contributed by atoms with Crippen molar-refractivity contribution < 1.29 is 19.1 Å². The average molecular weight is 458 g/mol. The molecule has 182 valence electrons. The van der Waals surface area contributed by atoms with Gasteiger partial charge >= 0.3 is 6.09 Å². The highest BCUT2D eigenvalue weighted by molar-refractivity contribution is 5.91. The van der Waals surface area contributed by atoms with E-state index in [1.807, 2.05) is 32.0 Å². The summed E-state index contributed by atoms with van der Waals surface area (Å²) in [6.45, 7) is 12.9. The number of nitrogens with zero attached hydrogens (tertiary/aromatic N) is 1. The summed E-state index contributed by atoms with van der Waals surface area (Å²) in [4.78, 5) is 40.4. The molecule has 7 nitrogen and oxygen atoms in total. The zero-order chi connectivity index (χ0) is 24.6. The molecule has 2 N–H and O–H groups in total. The van der Waals surface area contributed by atoms with Gasteiger partial charge in [-0.15, -0.1) is 6.58 Å². The Morgan fingerprint density at radius 2 is 1.85 bits per heavy atom. The predicted octanol–water partition coefficient (Wildman–Crippen LogP) is 4.33. The predicted molar refractivity (Wildman–Crippen MR) is 130 cm³/mol. The minimum Gasteiger partial charge on any atom is -0.444 e. The molecule has 1 aromatic carbocycles. The topological polar surface area (TPSA) is 87.7 Å². The van der Waals surface area contributed by atoms with Gasteiger partial charge in [0.2, 0.25) is 11.8 Å². The number of hydrogen-bond donors (Lipinski definition) is 2. The maximum atomic E-state index is 13.6. The van der Waals surface area contributed by atoms with E-state index >= 15 is 0 Å². The lowest BCUT2D eigenvalue weighted by molar-refractivity contribution is -0.140. The minimum atomic E-state index is -0.822. The van der Waals surface area contributed by atoms with Crippen LogP contribution in [-0.2, 0) is 14.3 Å². The molecule has 0 spiro atoms. The highest BCUT2D eigenvalue weighted by Gasteiger charge is 2.33. The van der Waals surface area contributed by atoms with Gasteiger partial charge in [0.1, 0.15) is 18.2 Å². The fraction of sp³-hybridized carbons (Fsp3) is 0.577. The second-order valence-electron chi connectivity index (χ2n) is 9.73. The average Bonchev–Trinajstić information content (AvgIpc) is 2.74. The van der Waals surface area contributed by atoms with Gasteiger partial charge in [-0.05, 0) is 64.2 Å². The number of carbonyl (C=O) groups excluding carboxylic acids is 3. The molecule has 1 aliphatic rings. The van der Waals surface area contributed by atoms with Crippen LogP contribution >= 0.6 is 0 Å². The quantitative estimate of drug-likeness (QED) is 0.569. The number of alkyl carbamates (subject to hydrolysis) is 1. The van der Waals surface area contributed by atoms with Crippen molar-refractivity contribution in [1.82, 2.24) is 15.5 Å². The standard InChI is InChI=1S/C26H39N3O4/c1-7-16-29(22(30)17-27-25(32)33-26(4,5)6)23(21-15-11-12-18(2)19(21)3)24(31)28-20-13-9-8-10-14-20/h7,11-12,15,20,23H,1,8-10,13-14,16-17H2,2-6H3,(H,27,32)(H,28,31). The second kappa shape index (κ2) is 11.9. The van der Waals surface area contributed by atoms with E-state index in [2.05, 4.69) is 17.2 Å². The molecule has 1 saturated carbocycles. The third kappa shape index (κ3) is 7.91. The van der Waals surface area contributed by atoms with Gasteiger partial charge < -0.3 is 20.3 Å². The number of ether oxygens (including phenoxy) is 1. The van der Waals surface area contributed by atoms with E-state index in [0.717, 1.165) is 42.4 Å². The van der Waals surface area contributed by atoms with Crippen LogP contribution in [0.4, 0.5) is 4.79 Å². The number of benzene rings is 1. The number of amides is 3. The number of rotatable bonds is 8. The molecule has 33 heavy (non-hydrogen) atoms. The van der Waals surface area contributed by atoms with Crippen LogP contribution in [0, 0.1) is 13.8 Å². The summed E-state index contributed by atoms with van der Waals surface area (Å²) in [5.41, 5.74) is 2.11. The molecule has 0 aliphatic heterocycles. The Morgan fingerprint density at radius 1 is 1.18 bits per heavy atom. The molecule has 7 heteroatoms. The zero-order valence-electron chi connectivity index (χ0n) is 20.7. The Kier molecular flexibility index (Phi) is 9.50. The van der Waals surface area contributed by atoms with Crippen molar-refractivity contribution in [3.8, 4) is 0 Å². The Labute approximate surface area is 197 Å². The van der Waals surface area contributed by atoms with Gasteiger partial charge in [-0.2, -0.15) is 0 Å². The van der Waals surface area contributed by atoms with Crippen molar-refractivity contribution in [2.45, 2.75) is 84.4 Å². The Morgan fingerprint density at radius 3 is 2.45 bits per heavy atom. The lowest BCUT2D eigenvalue weighted by Crippen LogP contribution is -2.50. The molecule has 0 bridgehead atoms. The first-order valence-electron chi connectivity index (χ1n) is 11.8. The van der Waals surface area contributed by atoms with Gasteiger partial charge in [-0.3, -0.25) is 9.59 Å². The summed E-state index contributed by atoms with van der Waals surface area (Å²) in [5.74, 6) is -0.589. The molecule has 1 aromatic rings. The van der Waals surface area contributed by atoms with E-state index in [-0.39, 0.29) is 30.9 Å². The SMILES string of the molecule is C=CCN(C(=O)CNC(=O)OC(C)(C)C)C(C(=O)NC1CCCCC1)c1cccc(C)c1C. The van der Waals surface area contributed by atoms with E-state index in [1.54, 1.807) is 26.8 Å². The first-order valence-corrected chi connectivity index (χ1v) is 11.8. The number of nitrogens with one attached hydrogen (secondary N) is 2. The van der Waals surface area contributed by atoms with Crippen LogP contribution in [0.5, 0.6) is 0 Å². The van der Waals surface area contributed by atoms with Gasteiger partial charge in [-0.25, -0.2) is 4.79 Å². The summed E-state index contributed by atoms with van der Waals surface area (Å²) in [6.07, 6.45) is 6.18. The summed E-state index contributed by atoms with van der Waals surface area (Å²) >= 11 is 0. The lowest BCUT2D eigenvalue weighted by atomic mass is 9.93. The highest BCUT2D eigenvalue weighted by Crippen LogP contribution is 2.28. The first-order chi connectivity index (χ1) is 15.5. The summed E-state index contributed by atoms with van der Waals surface area (Å²) < 4.78 is 5.24. The number of hydrogen-bond acceptors (Lipinski definition) is 4. The van der Waals surface area contributed by atoms with E-state index in [9.17, 15) is 14.4 Å². The van der Waals surface area contributed by atoms with Gasteiger partial charge in [0, 0.05) is 12.6 Å². The van der Waals surface area contributed by atoms with E-state index in [4.69, 9.17) is 4.74 Å². The lowest BCUT2D eigenvalue weighted by Gasteiger charge is -2.34. The molecular weight excluding hydrogens is 418 g/mol. The van der Waals surface area contributed by atoms with Crippen molar-refractivity contribution in [1.29, 1.82) is 0 Å². The van der Waals surface area contributed by atoms with E-state index in [1.165, 1.54) is 11.3 Å². The first kappa shape index (κ1) is 26.4. The molecular formula is C26H39N3O4. The summed E-state index contributed by atoms with van der Waals surface area (Å²) in [6, 6.07) is 5.06. The van der Waals surface area contributed by atoms with Crippen LogP contribution in [0.1, 0.15) is 75.6 Å². The number of carbonyl (C=O) groups is 3. The monoisotopic (exact) mass is 457 g/mol. The molecule has 0 aromatic heterocycles. The third-order valence-electron chi connectivity index (χ3n) is 5.88. The normalized spacial score (nSPS) is 15.3. The molecule has 1 aliphatic carbocycles. The van der Waals surface area contributed by atoms with E-state index < -0.39 is 17.7 Å². The van der Waals surface area contributed by atoms with Crippen LogP contribution < -0.4 is 10.6 Å². The highest BCUT2D eigenvalue weighted by atomic mass is 16.6. The maximum Gasteiger partial charge on any atom is 0.408 e. The zero-order valence-corrected chi connectivity index (χ0v) is 20.7. The Balaban J connectivity index is 2.30. The van der Waals surface area contributed by atoms with Crippen molar-refractivity contribution in [3.63, 3.8) is 0 Å². The fourth-order valence-corrected chi connectivity index (χ4v) is 4.10. The summed E-state index contributed by atoms with van der Waals surface area (Å²) in [7, 11) is 0. The van der Waals surface area contributed by atoms with Crippen LogP contribution in [-0.4, -0.2) is 47.5 Å². The van der Waals surface area contributed by atoms with E-state index in [0.29, 0.717) is 0 Å². The van der Waals surface area contributed by atoms with Crippen molar-refractivity contribution in [2.75, 3.05) is 13.1 Å². The van der Waals surface area contributed by atoms with Crippen molar-refractivity contribution in [2.24, 2.45) is 0 Å². The van der Waals surface area contributed by atoms with Crippen LogP contribution in [0.25, 0.3) is 0 Å². The molecule has 2 rings (SSSR count). The second-order valence-corrected chi connectivity index (χ2v) is 9.73. The Hall–Kier alpha value is -2.83. The van der Waals surface area contributed by atoms with Crippen molar-refractivity contribution in [3.05, 3.63) is 47.5 Å². The van der Waals surface area contributed by atoms with Crippen LogP contribution in [0.3, 0.4) is 0 Å². The molecule has 0 saturated heterocycles. The van der Waals surface area contributed by atoms with Gasteiger partial charge in [0.05, 0.1) is 0 Å². The van der Waals surface area contributed by atoms with Crippen LogP contribution in [0.15, 0.2) is 30.9 Å². The smallest absolute Gasteiger partial charge is 0.408 e. The minimum absolute atomic E-state index is 0.111. The molecule has 0 radical (unpaired) electrons. The molecule has 1 fully saturated rings.